The molecule has 1 aliphatic heterocycles. The molecule has 1 amide bonds. The Bertz CT molecular complexity index is 656. The van der Waals surface area contributed by atoms with Gasteiger partial charge in [-0.15, -0.1) is 11.3 Å². The monoisotopic (exact) mass is 346 g/mol. The normalized spacial score (nSPS) is 16.7. The molecule has 1 aliphatic rings. The van der Waals surface area contributed by atoms with Crippen molar-refractivity contribution in [1.82, 2.24) is 15.3 Å². The minimum atomic E-state index is -0.450. The van der Waals surface area contributed by atoms with E-state index in [0.717, 1.165) is 29.2 Å². The van der Waals surface area contributed by atoms with E-state index in [0.29, 0.717) is 26.2 Å². The molecule has 0 saturated carbocycles. The highest BCUT2D eigenvalue weighted by Crippen LogP contribution is 2.20. The van der Waals surface area contributed by atoms with Crippen molar-refractivity contribution >= 4 is 17.2 Å². The molecule has 7 heteroatoms. The van der Waals surface area contributed by atoms with Crippen molar-refractivity contribution < 1.29 is 9.53 Å². The number of rotatable bonds is 6. The van der Waals surface area contributed by atoms with Gasteiger partial charge in [0.2, 0.25) is 5.91 Å². The SMILES string of the molecule is NC(C(=O)NCCc1nc(-c2ccccn2)cs1)C1CCOCC1. The zero-order valence-corrected chi connectivity index (χ0v) is 14.3. The van der Waals surface area contributed by atoms with Crippen LogP contribution in [-0.4, -0.2) is 41.7 Å². The number of aromatic nitrogens is 2. The maximum absolute atomic E-state index is 12.2. The highest BCUT2D eigenvalue weighted by atomic mass is 32.1. The quantitative estimate of drug-likeness (QED) is 0.829. The van der Waals surface area contributed by atoms with Crippen LogP contribution in [0.2, 0.25) is 0 Å². The van der Waals surface area contributed by atoms with Crippen LogP contribution in [0.15, 0.2) is 29.8 Å². The first-order valence-corrected chi connectivity index (χ1v) is 9.09. The number of hydrogen-bond acceptors (Lipinski definition) is 6. The Balaban J connectivity index is 1.46. The lowest BCUT2D eigenvalue weighted by Crippen LogP contribution is -2.47. The van der Waals surface area contributed by atoms with E-state index in [-0.39, 0.29) is 11.8 Å². The number of ether oxygens (including phenoxy) is 1. The number of thiazole rings is 1. The number of nitrogens with two attached hydrogens (primary N) is 1. The van der Waals surface area contributed by atoms with Gasteiger partial charge in [0.15, 0.2) is 0 Å². The summed E-state index contributed by atoms with van der Waals surface area (Å²) in [4.78, 5) is 21.0. The molecule has 2 aromatic rings. The number of nitrogens with one attached hydrogen (secondary N) is 1. The molecular formula is C17H22N4O2S. The second-order valence-electron chi connectivity index (χ2n) is 5.86. The fraction of sp³-hybridized carbons (Fsp3) is 0.471. The van der Waals surface area contributed by atoms with Crippen LogP contribution in [0.1, 0.15) is 17.8 Å². The molecule has 2 aromatic heterocycles. The Hall–Kier alpha value is -1.83. The summed E-state index contributed by atoms with van der Waals surface area (Å²) in [6.07, 6.45) is 4.17. The van der Waals surface area contributed by atoms with Gasteiger partial charge >= 0.3 is 0 Å². The summed E-state index contributed by atoms with van der Waals surface area (Å²) in [5.74, 6) is 0.137. The molecular weight excluding hydrogens is 324 g/mol. The van der Waals surface area contributed by atoms with Crippen molar-refractivity contribution in [3.63, 3.8) is 0 Å². The fourth-order valence-corrected chi connectivity index (χ4v) is 3.55. The zero-order valence-electron chi connectivity index (χ0n) is 13.5. The largest absolute Gasteiger partial charge is 0.381 e. The Kier molecular flexibility index (Phi) is 5.90. The average molecular weight is 346 g/mol. The highest BCUT2D eigenvalue weighted by molar-refractivity contribution is 7.09. The second-order valence-corrected chi connectivity index (χ2v) is 6.80. The topological polar surface area (TPSA) is 90.1 Å². The van der Waals surface area contributed by atoms with E-state index >= 15 is 0 Å². The lowest BCUT2D eigenvalue weighted by Gasteiger charge is -2.26. The molecule has 1 atom stereocenters. The average Bonchev–Trinajstić information content (AvgIpc) is 3.11. The van der Waals surface area contributed by atoms with Gasteiger partial charge in [-0.3, -0.25) is 9.78 Å². The molecule has 1 unspecified atom stereocenters. The fourth-order valence-electron chi connectivity index (χ4n) is 2.76. The second kappa shape index (κ2) is 8.32. The predicted octanol–water partition coefficient (Wildman–Crippen LogP) is 1.62. The van der Waals surface area contributed by atoms with Crippen LogP contribution < -0.4 is 11.1 Å². The van der Waals surface area contributed by atoms with Crippen molar-refractivity contribution in [3.8, 4) is 11.4 Å². The standard InChI is InChI=1S/C17H22N4O2S/c18-16(12-5-9-23-10-6-12)17(22)20-8-4-15-21-14(11-24-15)13-3-1-2-7-19-13/h1-3,7,11-12,16H,4-6,8-10,18H2,(H,20,22). The molecule has 6 nitrogen and oxygen atoms in total. The third-order valence-electron chi connectivity index (χ3n) is 4.19. The molecule has 0 spiro atoms. The number of carbonyl (C=O) groups is 1. The molecule has 1 saturated heterocycles. The van der Waals surface area contributed by atoms with Crippen LogP contribution >= 0.6 is 11.3 Å². The van der Waals surface area contributed by atoms with Gasteiger partial charge in [0.1, 0.15) is 0 Å². The first kappa shape index (κ1) is 17.0. The van der Waals surface area contributed by atoms with Crippen LogP contribution in [0.4, 0.5) is 0 Å². The Morgan fingerprint density at radius 1 is 1.38 bits per heavy atom. The first-order chi connectivity index (χ1) is 11.7. The van der Waals surface area contributed by atoms with Gasteiger partial charge in [0, 0.05) is 37.8 Å². The number of nitrogens with zero attached hydrogens (tertiary/aromatic N) is 2. The third kappa shape index (κ3) is 4.37. The van der Waals surface area contributed by atoms with E-state index in [1.54, 1.807) is 17.5 Å². The lowest BCUT2D eigenvalue weighted by atomic mass is 9.92. The maximum atomic E-state index is 12.2. The minimum Gasteiger partial charge on any atom is -0.381 e. The molecule has 24 heavy (non-hydrogen) atoms. The molecule has 0 aromatic carbocycles. The Labute approximate surface area is 145 Å². The summed E-state index contributed by atoms with van der Waals surface area (Å²) in [5, 5.41) is 5.90. The van der Waals surface area contributed by atoms with Crippen molar-refractivity contribution in [2.45, 2.75) is 25.3 Å². The number of amides is 1. The first-order valence-electron chi connectivity index (χ1n) is 8.21. The number of carbonyl (C=O) groups excluding carboxylic acids is 1. The molecule has 0 bridgehead atoms. The Morgan fingerprint density at radius 2 is 2.21 bits per heavy atom. The van der Waals surface area contributed by atoms with Crippen LogP contribution in [-0.2, 0) is 16.0 Å². The van der Waals surface area contributed by atoms with E-state index in [1.807, 2.05) is 23.6 Å². The van der Waals surface area contributed by atoms with Crippen LogP contribution in [0.25, 0.3) is 11.4 Å². The van der Waals surface area contributed by atoms with Gasteiger partial charge in [-0.1, -0.05) is 6.07 Å². The molecule has 128 valence electrons. The van der Waals surface area contributed by atoms with E-state index in [1.165, 1.54) is 0 Å². The number of hydrogen-bond donors (Lipinski definition) is 2. The molecule has 0 aliphatic carbocycles. The summed E-state index contributed by atoms with van der Waals surface area (Å²) in [6, 6.07) is 5.31. The zero-order chi connectivity index (χ0) is 16.8. The summed E-state index contributed by atoms with van der Waals surface area (Å²) in [5.41, 5.74) is 7.80. The van der Waals surface area contributed by atoms with Crippen LogP contribution in [0.3, 0.4) is 0 Å². The van der Waals surface area contributed by atoms with Crippen molar-refractivity contribution in [3.05, 3.63) is 34.8 Å². The molecule has 0 radical (unpaired) electrons. The maximum Gasteiger partial charge on any atom is 0.237 e. The van der Waals surface area contributed by atoms with Crippen molar-refractivity contribution in [1.29, 1.82) is 0 Å². The van der Waals surface area contributed by atoms with Crippen LogP contribution in [0.5, 0.6) is 0 Å². The van der Waals surface area contributed by atoms with Gasteiger partial charge in [-0.25, -0.2) is 4.98 Å². The summed E-state index contributed by atoms with van der Waals surface area (Å²) < 4.78 is 5.31. The van der Waals surface area contributed by atoms with E-state index in [4.69, 9.17) is 10.5 Å². The smallest absolute Gasteiger partial charge is 0.237 e. The van der Waals surface area contributed by atoms with Gasteiger partial charge in [0.25, 0.3) is 0 Å². The highest BCUT2D eigenvalue weighted by Gasteiger charge is 2.26. The van der Waals surface area contributed by atoms with Gasteiger partial charge in [0.05, 0.1) is 22.4 Å². The van der Waals surface area contributed by atoms with Crippen molar-refractivity contribution in [2.75, 3.05) is 19.8 Å². The third-order valence-corrected chi connectivity index (χ3v) is 5.10. The van der Waals surface area contributed by atoms with Crippen LogP contribution in [0, 0.1) is 5.92 Å². The van der Waals surface area contributed by atoms with Gasteiger partial charge in [-0.2, -0.15) is 0 Å². The molecule has 3 rings (SSSR count). The van der Waals surface area contributed by atoms with E-state index in [2.05, 4.69) is 15.3 Å². The molecule has 1 fully saturated rings. The molecule has 3 N–H and O–H groups in total. The summed E-state index contributed by atoms with van der Waals surface area (Å²) in [7, 11) is 0. The molecule has 3 heterocycles. The lowest BCUT2D eigenvalue weighted by molar-refractivity contribution is -0.124. The summed E-state index contributed by atoms with van der Waals surface area (Å²) in [6.45, 7) is 1.94. The van der Waals surface area contributed by atoms with Gasteiger partial charge < -0.3 is 15.8 Å². The number of pyridine rings is 1. The van der Waals surface area contributed by atoms with E-state index in [9.17, 15) is 4.79 Å². The summed E-state index contributed by atoms with van der Waals surface area (Å²) >= 11 is 1.58. The Morgan fingerprint density at radius 3 is 2.96 bits per heavy atom. The van der Waals surface area contributed by atoms with E-state index < -0.39 is 6.04 Å². The minimum absolute atomic E-state index is 0.0802. The van der Waals surface area contributed by atoms with Crippen molar-refractivity contribution in [2.24, 2.45) is 11.7 Å². The van der Waals surface area contributed by atoms with Gasteiger partial charge in [-0.05, 0) is 30.9 Å². The predicted molar refractivity (Wildman–Crippen MR) is 93.6 cm³/mol.